The first-order chi connectivity index (χ1) is 8.84. The van der Waals surface area contributed by atoms with Crippen LogP contribution in [0.4, 0.5) is 0 Å². The van der Waals surface area contributed by atoms with Crippen molar-refractivity contribution in [1.82, 2.24) is 0 Å². The maximum Gasteiger partial charge on any atom is 0.0704 e. The lowest BCUT2D eigenvalue weighted by Crippen LogP contribution is -2.29. The van der Waals surface area contributed by atoms with Crippen molar-refractivity contribution in [2.45, 2.75) is 36.6 Å². The predicted octanol–water partition coefficient (Wildman–Crippen LogP) is 2.39. The Morgan fingerprint density at radius 3 is 2.17 bits per heavy atom. The van der Waals surface area contributed by atoms with Gasteiger partial charge in [-0.25, -0.2) is 0 Å². The van der Waals surface area contributed by atoms with Crippen molar-refractivity contribution in [3.63, 3.8) is 0 Å². The molecule has 0 bridgehead atoms. The summed E-state index contributed by atoms with van der Waals surface area (Å²) < 4.78 is 21.4. The van der Waals surface area contributed by atoms with Gasteiger partial charge in [-0.2, -0.15) is 0 Å². The predicted molar refractivity (Wildman–Crippen MR) is 74.4 cm³/mol. The fraction of sp³-hybridized carbons (Fsp3) is 1.00. The van der Waals surface area contributed by atoms with Crippen molar-refractivity contribution in [3.8, 4) is 0 Å². The molecule has 0 spiro atoms. The fourth-order valence-electron chi connectivity index (χ4n) is 1.96. The molecule has 5 heteroatoms. The van der Waals surface area contributed by atoms with Gasteiger partial charge >= 0.3 is 0 Å². The molecule has 1 saturated carbocycles. The normalized spacial score (nSPS) is 24.3. The zero-order valence-corrected chi connectivity index (χ0v) is 12.8. The van der Waals surface area contributed by atoms with E-state index in [1.807, 2.05) is 0 Å². The van der Waals surface area contributed by atoms with Crippen LogP contribution < -0.4 is 0 Å². The Bertz CT molecular complexity index is 192. The molecule has 2 atom stereocenters. The molecule has 2 unspecified atom stereocenters. The Morgan fingerprint density at radius 2 is 1.50 bits per heavy atom. The molecule has 4 nitrogen and oxygen atoms in total. The summed E-state index contributed by atoms with van der Waals surface area (Å²) in [5, 5.41) is 0. The molecule has 0 heterocycles. The number of hydrogen-bond acceptors (Lipinski definition) is 4. The van der Waals surface area contributed by atoms with E-state index < -0.39 is 0 Å². The SMILES string of the molecule is COCCOCCOCCOC1CCCCC1Br. The number of alkyl halides is 1. The molecule has 18 heavy (non-hydrogen) atoms. The number of methoxy groups -OCH3 is 1. The summed E-state index contributed by atoms with van der Waals surface area (Å²) in [5.74, 6) is 0. The lowest BCUT2D eigenvalue weighted by molar-refractivity contribution is -0.0226. The van der Waals surface area contributed by atoms with Crippen LogP contribution in [0.1, 0.15) is 25.7 Å². The zero-order valence-electron chi connectivity index (χ0n) is 11.2. The van der Waals surface area contributed by atoms with E-state index >= 15 is 0 Å². The Kier molecular flexibility index (Phi) is 10.2. The quantitative estimate of drug-likeness (QED) is 0.456. The number of hydrogen-bond donors (Lipinski definition) is 0. The van der Waals surface area contributed by atoms with Crippen LogP contribution in [0.2, 0.25) is 0 Å². The van der Waals surface area contributed by atoms with Crippen LogP contribution in [0.5, 0.6) is 0 Å². The topological polar surface area (TPSA) is 36.9 Å². The van der Waals surface area contributed by atoms with Crippen molar-refractivity contribution < 1.29 is 18.9 Å². The highest BCUT2D eigenvalue weighted by atomic mass is 79.9. The summed E-state index contributed by atoms with van der Waals surface area (Å²) in [6.45, 7) is 3.82. The van der Waals surface area contributed by atoms with Gasteiger partial charge in [0.25, 0.3) is 0 Å². The van der Waals surface area contributed by atoms with Crippen molar-refractivity contribution in [3.05, 3.63) is 0 Å². The number of rotatable bonds is 10. The summed E-state index contributed by atoms with van der Waals surface area (Å²) >= 11 is 3.68. The van der Waals surface area contributed by atoms with Crippen molar-refractivity contribution in [1.29, 1.82) is 0 Å². The second-order valence-electron chi connectivity index (χ2n) is 4.43. The van der Waals surface area contributed by atoms with Gasteiger partial charge in [-0.05, 0) is 12.8 Å². The van der Waals surface area contributed by atoms with Gasteiger partial charge in [0, 0.05) is 11.9 Å². The highest BCUT2D eigenvalue weighted by Gasteiger charge is 2.22. The van der Waals surface area contributed by atoms with Gasteiger partial charge in [0.15, 0.2) is 0 Å². The van der Waals surface area contributed by atoms with Crippen molar-refractivity contribution in [2.75, 3.05) is 46.8 Å². The Hall–Kier alpha value is 0.320. The van der Waals surface area contributed by atoms with Gasteiger partial charge in [0.1, 0.15) is 0 Å². The molecule has 0 N–H and O–H groups in total. The van der Waals surface area contributed by atoms with E-state index in [1.165, 1.54) is 19.3 Å². The van der Waals surface area contributed by atoms with E-state index in [0.29, 0.717) is 50.6 Å². The molecular formula is C13H25BrO4. The maximum atomic E-state index is 5.81. The van der Waals surface area contributed by atoms with Crippen LogP contribution in [0, 0.1) is 0 Å². The second kappa shape index (κ2) is 11.2. The Morgan fingerprint density at radius 1 is 0.889 bits per heavy atom. The third-order valence-corrected chi connectivity index (χ3v) is 4.03. The first-order valence-electron chi connectivity index (χ1n) is 6.74. The molecule has 1 aliphatic carbocycles. The molecule has 0 aliphatic heterocycles. The molecular weight excluding hydrogens is 300 g/mol. The minimum Gasteiger partial charge on any atom is -0.382 e. The number of halogens is 1. The van der Waals surface area contributed by atoms with Gasteiger partial charge in [0.2, 0.25) is 0 Å². The van der Waals surface area contributed by atoms with Crippen molar-refractivity contribution >= 4 is 15.9 Å². The van der Waals surface area contributed by atoms with E-state index in [0.717, 1.165) is 6.42 Å². The highest BCUT2D eigenvalue weighted by molar-refractivity contribution is 9.09. The number of ether oxygens (including phenoxy) is 4. The van der Waals surface area contributed by atoms with E-state index in [9.17, 15) is 0 Å². The molecule has 1 rings (SSSR count). The average Bonchev–Trinajstić information content (AvgIpc) is 2.39. The van der Waals surface area contributed by atoms with Gasteiger partial charge in [-0.15, -0.1) is 0 Å². The molecule has 0 aromatic rings. The largest absolute Gasteiger partial charge is 0.382 e. The summed E-state index contributed by atoms with van der Waals surface area (Å²) in [6.07, 6.45) is 5.33. The minimum absolute atomic E-state index is 0.361. The fourth-order valence-corrected chi connectivity index (χ4v) is 2.70. The first-order valence-corrected chi connectivity index (χ1v) is 7.66. The van der Waals surface area contributed by atoms with Crippen LogP contribution in [0.15, 0.2) is 0 Å². The molecule has 0 aromatic heterocycles. The minimum atomic E-state index is 0.361. The molecule has 1 fully saturated rings. The maximum absolute atomic E-state index is 5.81. The third kappa shape index (κ3) is 7.69. The van der Waals surface area contributed by atoms with E-state index in [2.05, 4.69) is 15.9 Å². The van der Waals surface area contributed by atoms with Crippen LogP contribution >= 0.6 is 15.9 Å². The summed E-state index contributed by atoms with van der Waals surface area (Å²) in [7, 11) is 1.67. The summed E-state index contributed by atoms with van der Waals surface area (Å²) in [6, 6.07) is 0. The molecule has 0 saturated heterocycles. The van der Waals surface area contributed by atoms with Crippen LogP contribution in [0.3, 0.4) is 0 Å². The molecule has 0 radical (unpaired) electrons. The lowest BCUT2D eigenvalue weighted by Gasteiger charge is -2.27. The first kappa shape index (κ1) is 16.4. The second-order valence-corrected chi connectivity index (χ2v) is 5.60. The summed E-state index contributed by atoms with van der Waals surface area (Å²) in [4.78, 5) is 0.517. The van der Waals surface area contributed by atoms with E-state index in [-0.39, 0.29) is 0 Å². The molecule has 1 aliphatic rings. The van der Waals surface area contributed by atoms with Gasteiger partial charge in [-0.3, -0.25) is 0 Å². The Balaban J connectivity index is 1.83. The van der Waals surface area contributed by atoms with Gasteiger partial charge < -0.3 is 18.9 Å². The zero-order chi connectivity index (χ0) is 13.1. The van der Waals surface area contributed by atoms with Gasteiger partial charge in [0.05, 0.1) is 45.7 Å². The van der Waals surface area contributed by atoms with E-state index in [1.54, 1.807) is 7.11 Å². The van der Waals surface area contributed by atoms with Gasteiger partial charge in [-0.1, -0.05) is 28.8 Å². The van der Waals surface area contributed by atoms with E-state index in [4.69, 9.17) is 18.9 Å². The molecule has 0 aromatic carbocycles. The average molecular weight is 325 g/mol. The monoisotopic (exact) mass is 324 g/mol. The lowest BCUT2D eigenvalue weighted by atomic mass is 9.98. The smallest absolute Gasteiger partial charge is 0.0704 e. The highest BCUT2D eigenvalue weighted by Crippen LogP contribution is 2.26. The van der Waals surface area contributed by atoms with Crippen LogP contribution in [0.25, 0.3) is 0 Å². The van der Waals surface area contributed by atoms with Crippen LogP contribution in [-0.4, -0.2) is 57.7 Å². The summed E-state index contributed by atoms with van der Waals surface area (Å²) in [5.41, 5.74) is 0. The van der Waals surface area contributed by atoms with Crippen LogP contribution in [-0.2, 0) is 18.9 Å². The molecule has 108 valence electrons. The standard InChI is InChI=1S/C13H25BrO4/c1-15-6-7-16-8-9-17-10-11-18-13-5-3-2-4-12(13)14/h12-13H,2-11H2,1H3. The third-order valence-electron chi connectivity index (χ3n) is 2.99. The Labute approximate surface area is 118 Å². The van der Waals surface area contributed by atoms with Crippen molar-refractivity contribution in [2.24, 2.45) is 0 Å². The molecule has 0 amide bonds.